The maximum Gasteiger partial charge on any atom is 0.229 e. The molecule has 1 aromatic carbocycles. The smallest absolute Gasteiger partial charge is 0.229 e. The average Bonchev–Trinajstić information content (AvgIpc) is 3.04. The van der Waals surface area contributed by atoms with E-state index in [1.54, 1.807) is 24.5 Å². The molecule has 2 heterocycles. The Bertz CT molecular complexity index is 993. The number of aromatic nitrogens is 1. The molecular formula is C21H21FN4O2. The Morgan fingerprint density at radius 3 is 2.86 bits per heavy atom. The van der Waals surface area contributed by atoms with Crippen molar-refractivity contribution in [1.82, 2.24) is 10.3 Å². The van der Waals surface area contributed by atoms with Crippen molar-refractivity contribution in [2.75, 3.05) is 6.54 Å². The molecule has 2 fully saturated rings. The normalized spacial score (nSPS) is 28.7. The highest BCUT2D eigenvalue weighted by molar-refractivity contribution is 6.03. The highest BCUT2D eigenvalue weighted by atomic mass is 19.1. The van der Waals surface area contributed by atoms with Crippen LogP contribution in [0.5, 0.6) is 5.75 Å². The van der Waals surface area contributed by atoms with Crippen LogP contribution in [0.3, 0.4) is 0 Å². The number of carbonyl (C=O) groups excluding carboxylic acids is 1. The van der Waals surface area contributed by atoms with Gasteiger partial charge in [0.1, 0.15) is 11.6 Å². The molecule has 0 saturated heterocycles. The Balaban J connectivity index is 1.21. The summed E-state index contributed by atoms with van der Waals surface area (Å²) < 4.78 is 19.8. The number of amides is 1. The molecule has 0 radical (unpaired) electrons. The minimum absolute atomic E-state index is 0.00901. The first-order valence-corrected chi connectivity index (χ1v) is 9.69. The van der Waals surface area contributed by atoms with E-state index in [1.165, 1.54) is 12.1 Å². The van der Waals surface area contributed by atoms with Crippen LogP contribution in [-0.2, 0) is 4.79 Å². The molecule has 6 nitrogen and oxygen atoms in total. The molecule has 2 aromatic rings. The number of pyridine rings is 1. The summed E-state index contributed by atoms with van der Waals surface area (Å²) in [4.78, 5) is 24.8. The monoisotopic (exact) mass is 380 g/mol. The number of guanidine groups is 1. The maximum atomic E-state index is 13.6. The number of benzene rings is 1. The lowest BCUT2D eigenvalue weighted by Gasteiger charge is -2.20. The van der Waals surface area contributed by atoms with Crippen LogP contribution in [0.4, 0.5) is 4.39 Å². The third-order valence-electron chi connectivity index (χ3n) is 6.19. The van der Waals surface area contributed by atoms with Gasteiger partial charge in [0.05, 0.1) is 18.2 Å². The molecule has 2 saturated carbocycles. The molecule has 3 unspecified atom stereocenters. The Morgan fingerprint density at radius 1 is 1.29 bits per heavy atom. The summed E-state index contributed by atoms with van der Waals surface area (Å²) in [6.45, 7) is 2.51. The number of hydrogen-bond acceptors (Lipinski definition) is 5. The zero-order chi connectivity index (χ0) is 19.3. The second-order valence-corrected chi connectivity index (χ2v) is 7.84. The molecule has 1 aliphatic heterocycles. The Labute approximate surface area is 161 Å². The summed E-state index contributed by atoms with van der Waals surface area (Å²) in [6.07, 6.45) is 5.31. The summed E-state index contributed by atoms with van der Waals surface area (Å²) in [7, 11) is 0. The topological polar surface area (TPSA) is 75.9 Å². The van der Waals surface area contributed by atoms with Crippen molar-refractivity contribution in [2.24, 2.45) is 33.7 Å². The van der Waals surface area contributed by atoms with Crippen LogP contribution in [0.25, 0.3) is 10.9 Å². The lowest BCUT2D eigenvalue weighted by atomic mass is 9.97. The van der Waals surface area contributed by atoms with Gasteiger partial charge in [0, 0.05) is 23.7 Å². The fourth-order valence-corrected chi connectivity index (χ4v) is 4.82. The number of carbonyl (C=O) groups is 1. The predicted octanol–water partition coefficient (Wildman–Crippen LogP) is 2.97. The van der Waals surface area contributed by atoms with Crippen LogP contribution >= 0.6 is 0 Å². The second kappa shape index (κ2) is 6.65. The molecule has 28 heavy (non-hydrogen) atoms. The van der Waals surface area contributed by atoms with E-state index in [-0.39, 0.29) is 23.7 Å². The predicted molar refractivity (Wildman–Crippen MR) is 104 cm³/mol. The number of aliphatic imine (C=N–C) groups is 2. The summed E-state index contributed by atoms with van der Waals surface area (Å²) in [5.74, 6) is 2.12. The van der Waals surface area contributed by atoms with E-state index in [0.29, 0.717) is 41.4 Å². The van der Waals surface area contributed by atoms with Gasteiger partial charge < -0.3 is 4.74 Å². The quantitative estimate of drug-likeness (QED) is 0.886. The molecule has 5 atom stereocenters. The van der Waals surface area contributed by atoms with Crippen molar-refractivity contribution in [3.8, 4) is 5.75 Å². The molecule has 0 spiro atoms. The molecule has 5 rings (SSSR count). The summed E-state index contributed by atoms with van der Waals surface area (Å²) in [5.41, 5.74) is 0.725. The average molecular weight is 380 g/mol. The summed E-state index contributed by atoms with van der Waals surface area (Å²) in [5, 5.41) is 3.50. The van der Waals surface area contributed by atoms with Crippen molar-refractivity contribution in [3.63, 3.8) is 0 Å². The lowest BCUT2D eigenvalue weighted by molar-refractivity contribution is -0.124. The molecule has 1 N–H and O–H groups in total. The van der Waals surface area contributed by atoms with E-state index < -0.39 is 0 Å². The van der Waals surface area contributed by atoms with E-state index >= 15 is 0 Å². The van der Waals surface area contributed by atoms with Gasteiger partial charge in [0.15, 0.2) is 0 Å². The van der Waals surface area contributed by atoms with Crippen LogP contribution in [0.15, 0.2) is 40.4 Å². The van der Waals surface area contributed by atoms with Crippen LogP contribution < -0.4 is 10.1 Å². The fraction of sp³-hybridized carbons (Fsp3) is 0.429. The fourth-order valence-electron chi connectivity index (χ4n) is 4.82. The second-order valence-electron chi connectivity index (χ2n) is 7.84. The minimum atomic E-state index is -0.296. The lowest BCUT2D eigenvalue weighted by Crippen LogP contribution is -2.35. The van der Waals surface area contributed by atoms with Crippen molar-refractivity contribution in [2.45, 2.75) is 25.9 Å². The van der Waals surface area contributed by atoms with Crippen LogP contribution in [0.1, 0.15) is 19.8 Å². The zero-order valence-corrected chi connectivity index (χ0v) is 15.5. The van der Waals surface area contributed by atoms with Gasteiger partial charge in [0.2, 0.25) is 11.9 Å². The molecule has 2 aliphatic carbocycles. The summed E-state index contributed by atoms with van der Waals surface area (Å²) >= 11 is 0. The van der Waals surface area contributed by atoms with Crippen LogP contribution in [0, 0.1) is 29.5 Å². The van der Waals surface area contributed by atoms with Gasteiger partial charge in [-0.05, 0) is 54.9 Å². The minimum Gasteiger partial charge on any atom is -0.490 e. The molecule has 0 bridgehead atoms. The summed E-state index contributed by atoms with van der Waals surface area (Å²) in [6, 6.07) is 6.33. The number of fused-ring (bicyclic) bond motifs is 2. The third kappa shape index (κ3) is 3.04. The maximum absolute atomic E-state index is 13.6. The largest absolute Gasteiger partial charge is 0.490 e. The van der Waals surface area contributed by atoms with E-state index in [1.807, 2.05) is 6.92 Å². The van der Waals surface area contributed by atoms with Gasteiger partial charge in [-0.15, -0.1) is 0 Å². The number of nitrogens with zero attached hydrogens (tertiary/aromatic N) is 3. The third-order valence-corrected chi connectivity index (χ3v) is 6.19. The molecule has 1 amide bonds. The molecule has 7 heteroatoms. The Hall–Kier alpha value is -2.83. The molecular weight excluding hydrogens is 359 g/mol. The highest BCUT2D eigenvalue weighted by Gasteiger charge is 2.59. The van der Waals surface area contributed by atoms with Gasteiger partial charge in [-0.1, -0.05) is 6.92 Å². The van der Waals surface area contributed by atoms with Crippen molar-refractivity contribution >= 4 is 29.0 Å². The van der Waals surface area contributed by atoms with Gasteiger partial charge in [-0.2, -0.15) is 0 Å². The first-order chi connectivity index (χ1) is 13.6. The number of halogens is 1. The molecule has 144 valence electrons. The standard InChI is InChI=1S/C21H21FN4O2/c1-11(20(27)26-21-24-6-7-25-21)19-14-9-13(10-15(14)19)28-18-4-5-23-17-3-2-12(22)8-16(17)18/h2-6,8,11,13-15,19H,7,9-10H2,1H3,(H,25,26,27)/t11?,13?,14-,15+,19?. The first kappa shape index (κ1) is 17.3. The van der Waals surface area contributed by atoms with E-state index in [9.17, 15) is 9.18 Å². The molecule has 3 aliphatic rings. The van der Waals surface area contributed by atoms with E-state index in [4.69, 9.17) is 4.74 Å². The number of ether oxygens (including phenoxy) is 1. The zero-order valence-electron chi connectivity index (χ0n) is 15.5. The molecule has 1 aromatic heterocycles. The van der Waals surface area contributed by atoms with Crippen LogP contribution in [-0.4, -0.2) is 35.7 Å². The van der Waals surface area contributed by atoms with Crippen LogP contribution in [0.2, 0.25) is 0 Å². The number of rotatable bonds is 4. The van der Waals surface area contributed by atoms with Crippen molar-refractivity contribution < 1.29 is 13.9 Å². The van der Waals surface area contributed by atoms with Gasteiger partial charge in [-0.3, -0.25) is 15.1 Å². The van der Waals surface area contributed by atoms with Crippen molar-refractivity contribution in [1.29, 1.82) is 0 Å². The SMILES string of the molecule is CC(C(=O)NC1=NCC=N1)C1[C@H]2CC(Oc3ccnc4ccc(F)cc34)C[C@@H]12. The first-order valence-electron chi connectivity index (χ1n) is 9.69. The Morgan fingerprint density at radius 2 is 2.11 bits per heavy atom. The van der Waals surface area contributed by atoms with Gasteiger partial charge >= 0.3 is 0 Å². The van der Waals surface area contributed by atoms with Gasteiger partial charge in [-0.25, -0.2) is 14.4 Å². The Kier molecular flexibility index (Phi) is 4.10. The van der Waals surface area contributed by atoms with E-state index in [0.717, 1.165) is 18.4 Å². The highest BCUT2D eigenvalue weighted by Crippen LogP contribution is 2.61. The number of hydrogen-bond donors (Lipinski definition) is 1. The van der Waals surface area contributed by atoms with Crippen molar-refractivity contribution in [3.05, 3.63) is 36.3 Å². The van der Waals surface area contributed by atoms with E-state index in [2.05, 4.69) is 20.3 Å². The van der Waals surface area contributed by atoms with Gasteiger partial charge in [0.25, 0.3) is 0 Å². The number of nitrogens with one attached hydrogen (secondary N) is 1.